The van der Waals surface area contributed by atoms with Gasteiger partial charge in [0.15, 0.2) is 5.13 Å². The molecule has 2 saturated heterocycles. The third-order valence-corrected chi connectivity index (χ3v) is 7.27. The Bertz CT molecular complexity index is 830. The monoisotopic (exact) mass is 433 g/mol. The van der Waals surface area contributed by atoms with Crippen LogP contribution in [0.1, 0.15) is 36.4 Å². The number of amides is 2. The third kappa shape index (κ3) is 5.21. The van der Waals surface area contributed by atoms with Gasteiger partial charge in [-0.3, -0.25) is 14.5 Å². The molecule has 2 aliphatic rings. The van der Waals surface area contributed by atoms with Crippen LogP contribution in [0.3, 0.4) is 0 Å². The number of carbonyl (C=O) groups is 2. The Labute approximate surface area is 179 Å². The average Bonchev–Trinajstić information content (AvgIpc) is 3.40. The van der Waals surface area contributed by atoms with Gasteiger partial charge in [0.2, 0.25) is 11.8 Å². The van der Waals surface area contributed by atoms with Crippen molar-refractivity contribution in [2.45, 2.75) is 39.2 Å². The molecule has 0 radical (unpaired) electrons. The number of thiazole rings is 2. The molecule has 29 heavy (non-hydrogen) atoms. The van der Waals surface area contributed by atoms with E-state index < -0.39 is 0 Å². The van der Waals surface area contributed by atoms with Crippen molar-refractivity contribution in [2.75, 3.05) is 31.5 Å². The molecule has 4 rings (SSSR count). The third-order valence-electron chi connectivity index (χ3n) is 5.76. The van der Waals surface area contributed by atoms with E-state index in [0.717, 1.165) is 62.6 Å². The van der Waals surface area contributed by atoms with E-state index in [1.165, 1.54) is 11.3 Å². The smallest absolute Gasteiger partial charge is 0.231 e. The van der Waals surface area contributed by atoms with Crippen molar-refractivity contribution in [2.24, 2.45) is 11.8 Å². The van der Waals surface area contributed by atoms with E-state index in [1.54, 1.807) is 17.5 Å². The first-order valence-electron chi connectivity index (χ1n) is 10.2. The highest BCUT2D eigenvalue weighted by Crippen LogP contribution is 2.25. The second-order valence-corrected chi connectivity index (χ2v) is 9.81. The van der Waals surface area contributed by atoms with Crippen LogP contribution >= 0.6 is 22.7 Å². The van der Waals surface area contributed by atoms with Gasteiger partial charge >= 0.3 is 0 Å². The van der Waals surface area contributed by atoms with Gasteiger partial charge in [0.1, 0.15) is 0 Å². The van der Waals surface area contributed by atoms with Crippen molar-refractivity contribution in [1.29, 1.82) is 0 Å². The van der Waals surface area contributed by atoms with Gasteiger partial charge in [-0.15, -0.1) is 22.7 Å². The first kappa shape index (κ1) is 20.4. The highest BCUT2D eigenvalue weighted by molar-refractivity contribution is 7.13. The average molecular weight is 434 g/mol. The zero-order chi connectivity index (χ0) is 20.2. The summed E-state index contributed by atoms with van der Waals surface area (Å²) in [6.45, 7) is 6.03. The van der Waals surface area contributed by atoms with Gasteiger partial charge in [0.05, 0.1) is 16.6 Å². The number of nitrogens with one attached hydrogen (secondary N) is 1. The Kier molecular flexibility index (Phi) is 6.56. The van der Waals surface area contributed by atoms with Gasteiger partial charge in [0, 0.05) is 42.5 Å². The molecule has 2 fully saturated rings. The summed E-state index contributed by atoms with van der Waals surface area (Å²) in [5.74, 6) is 0.125. The summed E-state index contributed by atoms with van der Waals surface area (Å²) in [4.78, 5) is 38.6. The topological polar surface area (TPSA) is 78.4 Å². The van der Waals surface area contributed by atoms with E-state index in [-0.39, 0.29) is 23.7 Å². The number of aromatic nitrogens is 2. The van der Waals surface area contributed by atoms with E-state index in [4.69, 9.17) is 0 Å². The number of likely N-dealkylation sites (tertiary alicyclic amines) is 2. The first-order chi connectivity index (χ1) is 14.1. The van der Waals surface area contributed by atoms with E-state index in [0.29, 0.717) is 11.7 Å². The van der Waals surface area contributed by atoms with Gasteiger partial charge < -0.3 is 10.2 Å². The lowest BCUT2D eigenvalue weighted by Gasteiger charge is -2.37. The van der Waals surface area contributed by atoms with Crippen molar-refractivity contribution < 1.29 is 9.59 Å². The summed E-state index contributed by atoms with van der Waals surface area (Å²) in [7, 11) is 0. The van der Waals surface area contributed by atoms with Crippen molar-refractivity contribution in [3.63, 3.8) is 0 Å². The van der Waals surface area contributed by atoms with Gasteiger partial charge in [-0.2, -0.15) is 0 Å². The standard InChI is InChI=1S/C20H27N5O2S2/c1-14-22-17(13-29-14)12-24-8-4-15(5-9-24)19(27)25-7-2-3-16(11-25)18(26)23-20-21-6-10-28-20/h6,10,13,15-16H,2-5,7-9,11-12H2,1H3,(H,21,23,26). The summed E-state index contributed by atoms with van der Waals surface area (Å²) in [6.07, 6.45) is 5.15. The first-order valence-corrected chi connectivity index (χ1v) is 12.0. The molecule has 1 N–H and O–H groups in total. The molecule has 1 atom stereocenters. The van der Waals surface area contributed by atoms with E-state index in [9.17, 15) is 9.59 Å². The van der Waals surface area contributed by atoms with Crippen LogP contribution in [0.5, 0.6) is 0 Å². The van der Waals surface area contributed by atoms with Crippen LogP contribution in [0.4, 0.5) is 5.13 Å². The molecule has 2 amide bonds. The summed E-state index contributed by atoms with van der Waals surface area (Å²) in [5, 5.41) is 8.57. The van der Waals surface area contributed by atoms with E-state index in [2.05, 4.69) is 25.6 Å². The number of hydrogen-bond donors (Lipinski definition) is 1. The zero-order valence-electron chi connectivity index (χ0n) is 16.7. The summed E-state index contributed by atoms with van der Waals surface area (Å²) < 4.78 is 0. The Morgan fingerprint density at radius 3 is 2.69 bits per heavy atom. The molecule has 2 aromatic rings. The van der Waals surface area contributed by atoms with Crippen LogP contribution in [0.25, 0.3) is 0 Å². The minimum atomic E-state index is -0.149. The maximum absolute atomic E-state index is 13.1. The molecular formula is C20H27N5O2S2. The number of aryl methyl sites for hydroxylation is 1. The summed E-state index contributed by atoms with van der Waals surface area (Å²) in [6, 6.07) is 0. The van der Waals surface area contributed by atoms with Crippen LogP contribution in [0.15, 0.2) is 17.0 Å². The van der Waals surface area contributed by atoms with Gasteiger partial charge in [-0.25, -0.2) is 9.97 Å². The molecule has 0 aliphatic carbocycles. The molecular weight excluding hydrogens is 406 g/mol. The molecule has 1 unspecified atom stereocenters. The van der Waals surface area contributed by atoms with Crippen molar-refractivity contribution in [3.05, 3.63) is 27.7 Å². The fourth-order valence-electron chi connectivity index (χ4n) is 4.19. The highest BCUT2D eigenvalue weighted by atomic mass is 32.1. The fraction of sp³-hybridized carbons (Fsp3) is 0.600. The number of anilines is 1. The summed E-state index contributed by atoms with van der Waals surface area (Å²) >= 11 is 3.10. The minimum absolute atomic E-state index is 0.0224. The lowest BCUT2D eigenvalue weighted by Crippen LogP contribution is -2.48. The molecule has 9 heteroatoms. The number of carbonyl (C=O) groups excluding carboxylic acids is 2. The lowest BCUT2D eigenvalue weighted by atomic mass is 9.92. The van der Waals surface area contributed by atoms with Gasteiger partial charge in [-0.1, -0.05) is 0 Å². The number of rotatable bonds is 5. The molecule has 2 aliphatic heterocycles. The second-order valence-electron chi connectivity index (χ2n) is 7.86. The molecule has 0 aromatic carbocycles. The van der Waals surface area contributed by atoms with E-state index >= 15 is 0 Å². The largest absolute Gasteiger partial charge is 0.342 e. The predicted octanol–water partition coefficient (Wildman–Crippen LogP) is 3.00. The van der Waals surface area contributed by atoms with Crippen molar-refractivity contribution >= 4 is 39.6 Å². The van der Waals surface area contributed by atoms with Crippen molar-refractivity contribution in [1.82, 2.24) is 19.8 Å². The molecule has 156 valence electrons. The zero-order valence-corrected chi connectivity index (χ0v) is 18.3. The van der Waals surface area contributed by atoms with Crippen LogP contribution in [-0.4, -0.2) is 57.8 Å². The molecule has 2 aromatic heterocycles. The van der Waals surface area contributed by atoms with E-state index in [1.807, 2.05) is 17.2 Å². The molecule has 0 bridgehead atoms. The Morgan fingerprint density at radius 1 is 1.17 bits per heavy atom. The Morgan fingerprint density at radius 2 is 2.00 bits per heavy atom. The maximum Gasteiger partial charge on any atom is 0.231 e. The highest BCUT2D eigenvalue weighted by Gasteiger charge is 2.33. The Balaban J connectivity index is 1.26. The SMILES string of the molecule is Cc1nc(CN2CCC(C(=O)N3CCCC(C(=O)Nc4nccs4)C3)CC2)cs1. The van der Waals surface area contributed by atoms with Gasteiger partial charge in [-0.05, 0) is 45.7 Å². The van der Waals surface area contributed by atoms with Crippen LogP contribution in [0.2, 0.25) is 0 Å². The van der Waals surface area contributed by atoms with Crippen LogP contribution in [-0.2, 0) is 16.1 Å². The van der Waals surface area contributed by atoms with Crippen LogP contribution in [0, 0.1) is 18.8 Å². The minimum Gasteiger partial charge on any atom is -0.342 e. The van der Waals surface area contributed by atoms with Crippen LogP contribution < -0.4 is 5.32 Å². The second kappa shape index (κ2) is 9.32. The normalized spacial score (nSPS) is 21.3. The maximum atomic E-state index is 13.1. The number of piperidine rings is 2. The molecule has 7 nitrogen and oxygen atoms in total. The predicted molar refractivity (Wildman–Crippen MR) is 115 cm³/mol. The lowest BCUT2D eigenvalue weighted by molar-refractivity contribution is -0.140. The number of nitrogens with zero attached hydrogens (tertiary/aromatic N) is 4. The Hall–Kier alpha value is -1.84. The summed E-state index contributed by atoms with van der Waals surface area (Å²) in [5.41, 5.74) is 1.13. The quantitative estimate of drug-likeness (QED) is 0.784. The molecule has 0 spiro atoms. The molecule has 4 heterocycles. The number of hydrogen-bond acceptors (Lipinski definition) is 7. The van der Waals surface area contributed by atoms with Gasteiger partial charge in [0.25, 0.3) is 0 Å². The van der Waals surface area contributed by atoms with Crippen molar-refractivity contribution in [3.8, 4) is 0 Å². The fourth-order valence-corrected chi connectivity index (χ4v) is 5.33. The molecule has 0 saturated carbocycles.